The van der Waals surface area contributed by atoms with Gasteiger partial charge in [0, 0.05) is 38.3 Å². The van der Waals surface area contributed by atoms with Crippen molar-refractivity contribution in [2.24, 2.45) is 16.6 Å². The van der Waals surface area contributed by atoms with Gasteiger partial charge in [-0.05, 0) is 31.9 Å². The Hall–Kier alpha value is -1.06. The van der Waals surface area contributed by atoms with Gasteiger partial charge in [0.15, 0.2) is 11.6 Å². The number of rotatable bonds is 13. The topological polar surface area (TPSA) is 93.4 Å². The molecule has 8 nitrogen and oxygen atoms in total. The monoisotopic (exact) mass is 405 g/mol. The van der Waals surface area contributed by atoms with Crippen molar-refractivity contribution >= 4 is 16.9 Å². The lowest BCUT2D eigenvalue weighted by atomic mass is 10.0. The first-order valence-corrected chi connectivity index (χ1v) is 9.73. The van der Waals surface area contributed by atoms with Crippen LogP contribution >= 0.6 is 11.6 Å². The summed E-state index contributed by atoms with van der Waals surface area (Å²) in [6, 6.07) is 0. The zero-order valence-electron chi connectivity index (χ0n) is 17.1. The highest BCUT2D eigenvalue weighted by atomic mass is 35.5. The lowest BCUT2D eigenvalue weighted by molar-refractivity contribution is -0.0750. The third kappa shape index (κ3) is 9.62. The molecule has 0 radical (unpaired) electrons. The molecule has 1 unspecified atom stereocenters. The van der Waals surface area contributed by atoms with Gasteiger partial charge in [-0.1, -0.05) is 13.5 Å². The number of hydrogen-bond acceptors (Lipinski definition) is 7. The van der Waals surface area contributed by atoms with Gasteiger partial charge in [0.2, 0.25) is 0 Å². The van der Waals surface area contributed by atoms with E-state index in [0.29, 0.717) is 44.8 Å². The zero-order chi connectivity index (χ0) is 20.3. The highest BCUT2D eigenvalue weighted by Gasteiger charge is 2.35. The van der Waals surface area contributed by atoms with Crippen molar-refractivity contribution in [3.63, 3.8) is 0 Å². The van der Waals surface area contributed by atoms with Gasteiger partial charge in [0.05, 0.1) is 32.2 Å². The van der Waals surface area contributed by atoms with Crippen molar-refractivity contribution in [3.8, 4) is 0 Å². The Morgan fingerprint density at radius 3 is 2.81 bits per heavy atom. The van der Waals surface area contributed by atoms with Crippen molar-refractivity contribution < 1.29 is 14.2 Å². The van der Waals surface area contributed by atoms with Crippen LogP contribution in [0, 0.1) is 5.92 Å². The number of morpholine rings is 1. The molecule has 0 aliphatic carbocycles. The first-order chi connectivity index (χ1) is 12.8. The molecular formula is C18H36ClN5O3. The van der Waals surface area contributed by atoms with Crippen LogP contribution in [0.1, 0.15) is 27.2 Å². The fraction of sp³-hybridized carbons (Fsp3) is 0.833. The van der Waals surface area contributed by atoms with Crippen LogP contribution in [0.3, 0.4) is 0 Å². The first kappa shape index (κ1) is 24.0. The molecule has 0 aromatic rings. The van der Waals surface area contributed by atoms with Gasteiger partial charge in [-0.2, -0.15) is 0 Å². The summed E-state index contributed by atoms with van der Waals surface area (Å²) in [5.74, 6) is 1.06. The Kier molecular flexibility index (Phi) is 11.0. The molecule has 27 heavy (non-hydrogen) atoms. The van der Waals surface area contributed by atoms with E-state index < -0.39 is 6.29 Å². The summed E-state index contributed by atoms with van der Waals surface area (Å²) in [7, 11) is 1.70. The van der Waals surface area contributed by atoms with Crippen molar-refractivity contribution in [1.29, 1.82) is 0 Å². The molecule has 158 valence electrons. The average Bonchev–Trinajstić information content (AvgIpc) is 2.57. The van der Waals surface area contributed by atoms with E-state index in [9.17, 15) is 0 Å². The van der Waals surface area contributed by atoms with Crippen molar-refractivity contribution in [2.45, 2.75) is 39.0 Å². The number of nitrogens with one attached hydrogen (secondary N) is 2. The standard InChI is InChI=1S/C18H36ClN5O3/c1-14(11-25-5)12-26-9-6-7-21-15(2)22-17(23-16(19)20)24-8-10-27-13-18(24,3)4/h14,17,21-22H,2,6-13H2,1,3-5H3,(H2,20,23)/t14-,17?/m1/s1. The van der Waals surface area contributed by atoms with E-state index in [2.05, 4.69) is 47.9 Å². The van der Waals surface area contributed by atoms with Crippen LogP contribution in [0.5, 0.6) is 0 Å². The molecule has 1 saturated heterocycles. The van der Waals surface area contributed by atoms with E-state index >= 15 is 0 Å². The average molecular weight is 406 g/mol. The molecule has 0 amide bonds. The Balaban J connectivity index is 2.39. The number of methoxy groups -OCH3 is 1. The van der Waals surface area contributed by atoms with E-state index in [-0.39, 0.29) is 10.8 Å². The number of hydrogen-bond donors (Lipinski definition) is 3. The van der Waals surface area contributed by atoms with Gasteiger partial charge in [-0.3, -0.25) is 4.90 Å². The second-order valence-corrected chi connectivity index (χ2v) is 7.81. The molecule has 0 aromatic heterocycles. The molecular weight excluding hydrogens is 370 g/mol. The first-order valence-electron chi connectivity index (χ1n) is 9.35. The quantitative estimate of drug-likeness (QED) is 0.184. The van der Waals surface area contributed by atoms with Gasteiger partial charge in [0.25, 0.3) is 0 Å². The van der Waals surface area contributed by atoms with E-state index in [1.165, 1.54) is 0 Å². The van der Waals surface area contributed by atoms with Crippen LogP contribution in [0.15, 0.2) is 17.4 Å². The van der Waals surface area contributed by atoms with Crippen molar-refractivity contribution in [2.75, 3.05) is 53.2 Å². The fourth-order valence-corrected chi connectivity index (χ4v) is 2.95. The van der Waals surface area contributed by atoms with Gasteiger partial charge in [-0.15, -0.1) is 0 Å². The highest BCUT2D eigenvalue weighted by Crippen LogP contribution is 2.22. The Labute approximate surface area is 168 Å². The summed E-state index contributed by atoms with van der Waals surface area (Å²) in [5, 5.41) is 6.50. The minimum atomic E-state index is -0.410. The number of halogens is 1. The molecule has 0 spiro atoms. The minimum absolute atomic E-state index is 0.00108. The second-order valence-electron chi connectivity index (χ2n) is 7.42. The van der Waals surface area contributed by atoms with Crippen LogP contribution < -0.4 is 16.4 Å². The number of aliphatic imine (C=N–C) groups is 1. The maximum absolute atomic E-state index is 5.83. The van der Waals surface area contributed by atoms with Crippen molar-refractivity contribution in [1.82, 2.24) is 15.5 Å². The molecule has 0 bridgehead atoms. The van der Waals surface area contributed by atoms with Crippen LogP contribution in [0.4, 0.5) is 0 Å². The van der Waals surface area contributed by atoms with Crippen LogP contribution in [-0.4, -0.2) is 75.3 Å². The molecule has 2 atom stereocenters. The lowest BCUT2D eigenvalue weighted by Crippen LogP contribution is -2.61. The molecule has 0 aromatic carbocycles. The Bertz CT molecular complexity index is 472. The van der Waals surface area contributed by atoms with E-state index in [1.807, 2.05) is 0 Å². The van der Waals surface area contributed by atoms with Crippen LogP contribution in [0.25, 0.3) is 0 Å². The molecule has 9 heteroatoms. The molecule has 1 fully saturated rings. The summed E-state index contributed by atoms with van der Waals surface area (Å²) in [6.07, 6.45) is 0.460. The van der Waals surface area contributed by atoms with Crippen LogP contribution in [0.2, 0.25) is 0 Å². The zero-order valence-corrected chi connectivity index (χ0v) is 17.8. The third-order valence-electron chi connectivity index (χ3n) is 4.21. The summed E-state index contributed by atoms with van der Waals surface area (Å²) in [5.41, 5.74) is 5.41. The third-order valence-corrected chi connectivity index (χ3v) is 4.31. The smallest absolute Gasteiger partial charge is 0.191 e. The number of amidine groups is 1. The molecule has 1 rings (SSSR count). The lowest BCUT2D eigenvalue weighted by Gasteiger charge is -2.45. The van der Waals surface area contributed by atoms with Crippen molar-refractivity contribution in [3.05, 3.63) is 12.4 Å². The molecule has 1 aliphatic heterocycles. The largest absolute Gasteiger partial charge is 0.384 e. The summed E-state index contributed by atoms with van der Waals surface area (Å²) in [4.78, 5) is 6.48. The summed E-state index contributed by atoms with van der Waals surface area (Å²) in [6.45, 7) is 15.1. The maximum atomic E-state index is 5.83. The Morgan fingerprint density at radius 1 is 1.44 bits per heavy atom. The molecule has 0 saturated carbocycles. The van der Waals surface area contributed by atoms with E-state index in [4.69, 9.17) is 31.5 Å². The van der Waals surface area contributed by atoms with Gasteiger partial charge in [-0.25, -0.2) is 4.99 Å². The maximum Gasteiger partial charge on any atom is 0.191 e. The minimum Gasteiger partial charge on any atom is -0.384 e. The number of nitrogens with zero attached hydrogens (tertiary/aromatic N) is 2. The molecule has 1 aliphatic rings. The predicted octanol–water partition coefficient (Wildman–Crippen LogP) is 1.27. The fourth-order valence-electron chi connectivity index (χ4n) is 2.86. The van der Waals surface area contributed by atoms with Gasteiger partial charge >= 0.3 is 0 Å². The molecule has 1 heterocycles. The number of nitrogens with two attached hydrogens (primary N) is 1. The second kappa shape index (κ2) is 12.4. The predicted molar refractivity (Wildman–Crippen MR) is 110 cm³/mol. The normalized spacial score (nSPS) is 20.1. The summed E-state index contributed by atoms with van der Waals surface area (Å²) >= 11 is 5.83. The van der Waals surface area contributed by atoms with Gasteiger partial charge in [0.1, 0.15) is 0 Å². The van der Waals surface area contributed by atoms with E-state index in [1.54, 1.807) is 7.11 Å². The highest BCUT2D eigenvalue weighted by molar-refractivity contribution is 6.64. The Morgan fingerprint density at radius 2 is 2.19 bits per heavy atom. The van der Waals surface area contributed by atoms with Gasteiger partial charge < -0.3 is 30.6 Å². The number of ether oxygens (including phenoxy) is 3. The SMILES string of the molecule is C=C(NCCCOC[C@H](C)COC)NC(/N=C(\N)Cl)N1CCOCC1(C)C. The van der Waals surface area contributed by atoms with E-state index in [0.717, 1.165) is 19.5 Å². The molecule has 4 N–H and O–H groups in total. The summed E-state index contributed by atoms with van der Waals surface area (Å²) < 4.78 is 16.3. The van der Waals surface area contributed by atoms with Crippen LogP contribution in [-0.2, 0) is 14.2 Å².